The smallest absolute Gasteiger partial charge is 0.185 e. The molecule has 2 aromatic rings. The molecule has 0 aliphatic rings. The van der Waals surface area contributed by atoms with Gasteiger partial charge in [-0.15, -0.1) is 0 Å². The van der Waals surface area contributed by atoms with Crippen LogP contribution in [0, 0.1) is 6.92 Å². The monoisotopic (exact) mass is 246 g/mol. The zero-order chi connectivity index (χ0) is 13.1. The van der Waals surface area contributed by atoms with Crippen LogP contribution >= 0.6 is 0 Å². The van der Waals surface area contributed by atoms with E-state index in [0.29, 0.717) is 18.7 Å². The minimum Gasteiger partial charge on any atom is -0.292 e. The van der Waals surface area contributed by atoms with Crippen molar-refractivity contribution in [3.05, 3.63) is 35.4 Å². The predicted molar refractivity (Wildman–Crippen MR) is 68.6 cm³/mol. The minimum atomic E-state index is 0.0908. The van der Waals surface area contributed by atoms with Crippen molar-refractivity contribution in [2.75, 3.05) is 0 Å². The Labute approximate surface area is 106 Å². The van der Waals surface area contributed by atoms with Gasteiger partial charge in [0, 0.05) is 25.7 Å². The number of rotatable bonds is 5. The van der Waals surface area contributed by atoms with Crippen molar-refractivity contribution in [3.63, 3.8) is 0 Å². The van der Waals surface area contributed by atoms with Gasteiger partial charge in [0.2, 0.25) is 0 Å². The molecule has 96 valence electrons. The first kappa shape index (κ1) is 12.5. The lowest BCUT2D eigenvalue weighted by atomic mass is 10.1. The summed E-state index contributed by atoms with van der Waals surface area (Å²) in [5.41, 5.74) is 2.51. The van der Waals surface area contributed by atoms with Crippen LogP contribution in [0.4, 0.5) is 0 Å². The fourth-order valence-corrected chi connectivity index (χ4v) is 1.96. The standard InChI is InChI=1S/C13H18N4O/c1-4-16-9-11(8-14-16)7-13(18)12-6-10(3)15-17(12)5-2/h6,8-9H,4-5,7H2,1-3H3. The summed E-state index contributed by atoms with van der Waals surface area (Å²) in [7, 11) is 0. The summed E-state index contributed by atoms with van der Waals surface area (Å²) in [6, 6.07) is 1.84. The van der Waals surface area contributed by atoms with Crippen LogP contribution < -0.4 is 0 Å². The highest BCUT2D eigenvalue weighted by Gasteiger charge is 2.14. The van der Waals surface area contributed by atoms with Gasteiger partial charge in [-0.3, -0.25) is 14.2 Å². The van der Waals surface area contributed by atoms with E-state index in [9.17, 15) is 4.79 Å². The second kappa shape index (κ2) is 5.16. The van der Waals surface area contributed by atoms with Crippen LogP contribution in [0.3, 0.4) is 0 Å². The van der Waals surface area contributed by atoms with Gasteiger partial charge in [0.1, 0.15) is 5.69 Å². The molecule has 0 N–H and O–H groups in total. The van der Waals surface area contributed by atoms with Crippen molar-refractivity contribution in [1.82, 2.24) is 19.6 Å². The van der Waals surface area contributed by atoms with Gasteiger partial charge in [-0.1, -0.05) is 0 Å². The van der Waals surface area contributed by atoms with Gasteiger partial charge in [-0.05, 0) is 32.4 Å². The molecule has 5 nitrogen and oxygen atoms in total. The summed E-state index contributed by atoms with van der Waals surface area (Å²) in [4.78, 5) is 12.2. The maximum absolute atomic E-state index is 12.2. The lowest BCUT2D eigenvalue weighted by Gasteiger charge is -2.02. The van der Waals surface area contributed by atoms with E-state index in [1.807, 2.05) is 37.7 Å². The molecule has 0 radical (unpaired) electrons. The molecule has 0 aliphatic carbocycles. The Hall–Kier alpha value is -1.91. The van der Waals surface area contributed by atoms with E-state index in [1.54, 1.807) is 10.9 Å². The molecule has 0 bridgehead atoms. The lowest BCUT2D eigenvalue weighted by molar-refractivity contribution is 0.0982. The van der Waals surface area contributed by atoms with E-state index >= 15 is 0 Å². The summed E-state index contributed by atoms with van der Waals surface area (Å²) in [5, 5.41) is 8.46. The molecular formula is C13H18N4O. The molecule has 0 fully saturated rings. The Morgan fingerprint density at radius 2 is 2.11 bits per heavy atom. The number of aromatic nitrogens is 4. The molecular weight excluding hydrogens is 228 g/mol. The number of carbonyl (C=O) groups excluding carboxylic acids is 1. The van der Waals surface area contributed by atoms with Gasteiger partial charge >= 0.3 is 0 Å². The van der Waals surface area contributed by atoms with Crippen molar-refractivity contribution >= 4 is 5.78 Å². The first-order valence-electron chi connectivity index (χ1n) is 6.23. The van der Waals surface area contributed by atoms with Crippen LogP contribution in [0.15, 0.2) is 18.5 Å². The number of aryl methyl sites for hydroxylation is 3. The largest absolute Gasteiger partial charge is 0.292 e. The maximum atomic E-state index is 12.2. The molecule has 0 saturated heterocycles. The van der Waals surface area contributed by atoms with Crippen LogP contribution in [-0.4, -0.2) is 25.3 Å². The molecule has 0 spiro atoms. The molecule has 2 heterocycles. The molecule has 0 atom stereocenters. The van der Waals surface area contributed by atoms with Gasteiger partial charge in [-0.2, -0.15) is 10.2 Å². The van der Waals surface area contributed by atoms with Crippen molar-refractivity contribution in [1.29, 1.82) is 0 Å². The Balaban J connectivity index is 2.16. The second-order valence-electron chi connectivity index (χ2n) is 4.29. The second-order valence-corrected chi connectivity index (χ2v) is 4.29. The molecule has 2 rings (SSSR count). The predicted octanol–water partition coefficient (Wildman–Crippen LogP) is 1.85. The van der Waals surface area contributed by atoms with E-state index in [4.69, 9.17) is 0 Å². The molecule has 0 amide bonds. The fourth-order valence-electron chi connectivity index (χ4n) is 1.96. The molecule has 0 unspecified atom stereocenters. The van der Waals surface area contributed by atoms with Crippen LogP contribution in [0.2, 0.25) is 0 Å². The number of Topliss-reactive ketones (excluding diaryl/α,β-unsaturated/α-hetero) is 1. The van der Waals surface area contributed by atoms with Gasteiger partial charge in [0.05, 0.1) is 11.9 Å². The number of hydrogen-bond acceptors (Lipinski definition) is 3. The van der Waals surface area contributed by atoms with Crippen molar-refractivity contribution in [3.8, 4) is 0 Å². The van der Waals surface area contributed by atoms with E-state index in [2.05, 4.69) is 10.2 Å². The summed E-state index contributed by atoms with van der Waals surface area (Å²) < 4.78 is 3.58. The third-order valence-corrected chi connectivity index (χ3v) is 2.86. The number of ketones is 1. The summed E-state index contributed by atoms with van der Waals surface area (Å²) >= 11 is 0. The molecule has 5 heteroatoms. The van der Waals surface area contributed by atoms with Gasteiger partial charge in [0.25, 0.3) is 0 Å². The van der Waals surface area contributed by atoms with Gasteiger partial charge in [0.15, 0.2) is 5.78 Å². The van der Waals surface area contributed by atoms with E-state index in [-0.39, 0.29) is 5.78 Å². The summed E-state index contributed by atoms with van der Waals surface area (Å²) in [6.45, 7) is 7.44. The normalized spacial score (nSPS) is 10.8. The minimum absolute atomic E-state index is 0.0908. The van der Waals surface area contributed by atoms with Crippen LogP contribution in [-0.2, 0) is 19.5 Å². The van der Waals surface area contributed by atoms with Gasteiger partial charge < -0.3 is 0 Å². The van der Waals surface area contributed by atoms with Crippen LogP contribution in [0.5, 0.6) is 0 Å². The van der Waals surface area contributed by atoms with Gasteiger partial charge in [-0.25, -0.2) is 0 Å². The lowest BCUT2D eigenvalue weighted by Crippen LogP contribution is -2.11. The quantitative estimate of drug-likeness (QED) is 0.757. The summed E-state index contributed by atoms with van der Waals surface area (Å²) in [6.07, 6.45) is 4.05. The SMILES string of the molecule is CCn1cc(CC(=O)c2cc(C)nn2CC)cn1. The number of nitrogens with zero attached hydrogens (tertiary/aromatic N) is 4. The zero-order valence-corrected chi connectivity index (χ0v) is 11.1. The first-order chi connectivity index (χ1) is 8.63. The maximum Gasteiger partial charge on any atom is 0.185 e. The van der Waals surface area contributed by atoms with Crippen molar-refractivity contribution < 1.29 is 4.79 Å². The van der Waals surface area contributed by atoms with E-state index in [1.165, 1.54) is 0 Å². The highest BCUT2D eigenvalue weighted by molar-refractivity contribution is 5.96. The summed E-state index contributed by atoms with van der Waals surface area (Å²) in [5.74, 6) is 0.0908. The van der Waals surface area contributed by atoms with Crippen molar-refractivity contribution in [2.24, 2.45) is 0 Å². The number of carbonyl (C=O) groups is 1. The number of hydrogen-bond donors (Lipinski definition) is 0. The third-order valence-electron chi connectivity index (χ3n) is 2.86. The molecule has 0 saturated carbocycles. The fraction of sp³-hybridized carbons (Fsp3) is 0.462. The van der Waals surface area contributed by atoms with Crippen LogP contribution in [0.25, 0.3) is 0 Å². The van der Waals surface area contributed by atoms with E-state index in [0.717, 1.165) is 17.8 Å². The molecule has 18 heavy (non-hydrogen) atoms. The first-order valence-corrected chi connectivity index (χ1v) is 6.23. The Morgan fingerprint density at radius 3 is 2.72 bits per heavy atom. The molecule has 0 aromatic carbocycles. The average Bonchev–Trinajstić information content (AvgIpc) is 2.95. The van der Waals surface area contributed by atoms with Crippen LogP contribution in [0.1, 0.15) is 35.6 Å². The average molecular weight is 246 g/mol. The Bertz CT molecular complexity index is 553. The molecule has 0 aliphatic heterocycles. The van der Waals surface area contributed by atoms with Crippen molar-refractivity contribution in [2.45, 2.75) is 40.3 Å². The Kier molecular flexibility index (Phi) is 3.60. The third kappa shape index (κ3) is 2.50. The molecule has 2 aromatic heterocycles. The zero-order valence-electron chi connectivity index (χ0n) is 11.1. The highest BCUT2D eigenvalue weighted by atomic mass is 16.1. The topological polar surface area (TPSA) is 52.7 Å². The highest BCUT2D eigenvalue weighted by Crippen LogP contribution is 2.09. The van der Waals surface area contributed by atoms with E-state index < -0.39 is 0 Å². The Morgan fingerprint density at radius 1 is 1.33 bits per heavy atom.